The van der Waals surface area contributed by atoms with Gasteiger partial charge in [0.15, 0.2) is 0 Å². The summed E-state index contributed by atoms with van der Waals surface area (Å²) in [6, 6.07) is 6.21. The smallest absolute Gasteiger partial charge is 0.235 e. The van der Waals surface area contributed by atoms with Crippen molar-refractivity contribution in [1.29, 1.82) is 0 Å². The molecular weight excluding hydrogens is 283 g/mol. The van der Waals surface area contributed by atoms with Crippen molar-refractivity contribution in [3.05, 3.63) is 35.6 Å². The Balaban J connectivity index is 1.76. The minimum atomic E-state index is -0.851. The number of nitrogens with one attached hydrogen (secondary N) is 2. The molecule has 0 heterocycles. The van der Waals surface area contributed by atoms with Gasteiger partial charge in [0, 0.05) is 13.1 Å². The monoisotopic (exact) mass is 306 g/mol. The average Bonchev–Trinajstić information content (AvgIpc) is 3.31. The summed E-state index contributed by atoms with van der Waals surface area (Å²) in [5.74, 6) is -0.614. The molecule has 0 radical (unpaired) electrons. The van der Waals surface area contributed by atoms with E-state index in [1.807, 2.05) is 0 Å². The molecule has 0 bridgehead atoms. The van der Waals surface area contributed by atoms with E-state index < -0.39 is 5.41 Å². The van der Waals surface area contributed by atoms with E-state index >= 15 is 0 Å². The molecule has 0 aromatic heterocycles. The molecule has 2 amide bonds. The summed E-state index contributed by atoms with van der Waals surface area (Å²) in [5, 5.41) is 5.67. The molecule has 120 valence electrons. The second kappa shape index (κ2) is 7.38. The van der Waals surface area contributed by atoms with Crippen molar-refractivity contribution in [3.8, 4) is 0 Å². The van der Waals surface area contributed by atoms with Crippen LogP contribution in [0.4, 0.5) is 4.39 Å². The second-order valence-electron chi connectivity index (χ2n) is 5.82. The highest BCUT2D eigenvalue weighted by Crippen LogP contribution is 2.46. The van der Waals surface area contributed by atoms with Crippen molar-refractivity contribution in [1.82, 2.24) is 10.6 Å². The molecule has 1 aromatic rings. The van der Waals surface area contributed by atoms with Crippen molar-refractivity contribution in [3.63, 3.8) is 0 Å². The van der Waals surface area contributed by atoms with Crippen LogP contribution in [0.1, 0.15) is 38.2 Å². The Morgan fingerprint density at radius 2 is 1.68 bits per heavy atom. The van der Waals surface area contributed by atoms with Crippen LogP contribution in [0.15, 0.2) is 24.3 Å². The van der Waals surface area contributed by atoms with Crippen LogP contribution in [0, 0.1) is 11.2 Å². The van der Waals surface area contributed by atoms with E-state index in [0.29, 0.717) is 32.4 Å². The van der Waals surface area contributed by atoms with Gasteiger partial charge in [0.25, 0.3) is 0 Å². The van der Waals surface area contributed by atoms with E-state index in [1.54, 1.807) is 12.1 Å². The molecule has 4 nitrogen and oxygen atoms in total. The molecule has 0 unspecified atom stereocenters. The van der Waals surface area contributed by atoms with Crippen LogP contribution >= 0.6 is 0 Å². The molecule has 0 atom stereocenters. The molecule has 1 fully saturated rings. The van der Waals surface area contributed by atoms with E-state index in [2.05, 4.69) is 17.6 Å². The zero-order valence-electron chi connectivity index (χ0n) is 13.0. The van der Waals surface area contributed by atoms with Gasteiger partial charge in [-0.2, -0.15) is 0 Å². The molecule has 0 saturated heterocycles. The molecule has 1 aromatic carbocycles. The fraction of sp³-hybridized carbons (Fsp3) is 0.529. The molecular formula is C17H23FN2O2. The maximum absolute atomic E-state index is 12.8. The van der Waals surface area contributed by atoms with Crippen molar-refractivity contribution >= 4 is 11.8 Å². The predicted molar refractivity (Wildman–Crippen MR) is 82.7 cm³/mol. The number of carbonyl (C=O) groups is 2. The van der Waals surface area contributed by atoms with Gasteiger partial charge in [-0.05, 0) is 43.4 Å². The van der Waals surface area contributed by atoms with Crippen LogP contribution in [-0.2, 0) is 16.0 Å². The zero-order chi connectivity index (χ0) is 16.0. The lowest BCUT2D eigenvalue weighted by molar-refractivity contribution is -0.137. The highest BCUT2D eigenvalue weighted by Gasteiger charge is 2.56. The first-order valence-corrected chi connectivity index (χ1v) is 7.89. The fourth-order valence-corrected chi connectivity index (χ4v) is 2.37. The quantitative estimate of drug-likeness (QED) is 0.571. The summed E-state index contributed by atoms with van der Waals surface area (Å²) in [7, 11) is 0. The maximum Gasteiger partial charge on any atom is 0.235 e. The first kappa shape index (κ1) is 16.5. The molecule has 22 heavy (non-hydrogen) atoms. The second-order valence-corrected chi connectivity index (χ2v) is 5.82. The summed E-state index contributed by atoms with van der Waals surface area (Å²) in [6.07, 6.45) is 3.80. The highest BCUT2D eigenvalue weighted by molar-refractivity contribution is 6.07. The molecule has 1 aliphatic rings. The lowest BCUT2D eigenvalue weighted by Gasteiger charge is -2.15. The minimum absolute atomic E-state index is 0.153. The first-order valence-electron chi connectivity index (χ1n) is 7.89. The Bertz CT molecular complexity index is 524. The van der Waals surface area contributed by atoms with Gasteiger partial charge >= 0.3 is 0 Å². The first-order chi connectivity index (χ1) is 10.6. The standard InChI is InChI=1S/C17H23FN2O2/c1-2-3-11-19-15(21)17(9-10-17)16(22)20-12-8-13-4-6-14(18)7-5-13/h4-7H,2-3,8-12H2,1H3,(H,19,21)(H,20,22). The molecule has 1 saturated carbocycles. The molecule has 0 aliphatic heterocycles. The van der Waals surface area contributed by atoms with Gasteiger partial charge in [-0.25, -0.2) is 4.39 Å². The number of halogens is 1. The Hall–Kier alpha value is -1.91. The lowest BCUT2D eigenvalue weighted by atomic mass is 10.0. The maximum atomic E-state index is 12.8. The number of rotatable bonds is 8. The van der Waals surface area contributed by atoms with E-state index in [9.17, 15) is 14.0 Å². The van der Waals surface area contributed by atoms with Crippen LogP contribution in [0.5, 0.6) is 0 Å². The van der Waals surface area contributed by atoms with Gasteiger partial charge in [0.1, 0.15) is 11.2 Å². The SMILES string of the molecule is CCCCNC(=O)C1(C(=O)NCCc2ccc(F)cc2)CC1. The Morgan fingerprint density at radius 3 is 2.23 bits per heavy atom. The number of benzene rings is 1. The minimum Gasteiger partial charge on any atom is -0.355 e. The molecule has 2 rings (SSSR count). The number of unbranched alkanes of at least 4 members (excludes halogenated alkanes) is 1. The Labute approximate surface area is 130 Å². The number of carbonyl (C=O) groups excluding carboxylic acids is 2. The van der Waals surface area contributed by atoms with Crippen LogP contribution in [0.3, 0.4) is 0 Å². The van der Waals surface area contributed by atoms with Gasteiger partial charge in [-0.1, -0.05) is 25.5 Å². The van der Waals surface area contributed by atoms with Gasteiger partial charge < -0.3 is 10.6 Å². The van der Waals surface area contributed by atoms with Gasteiger partial charge in [-0.15, -0.1) is 0 Å². The van der Waals surface area contributed by atoms with Gasteiger partial charge in [-0.3, -0.25) is 9.59 Å². The fourth-order valence-electron chi connectivity index (χ4n) is 2.37. The van der Waals surface area contributed by atoms with Crippen LogP contribution in [0.2, 0.25) is 0 Å². The van der Waals surface area contributed by atoms with Crippen LogP contribution < -0.4 is 10.6 Å². The third kappa shape index (κ3) is 4.06. The third-order valence-electron chi connectivity index (χ3n) is 4.05. The number of hydrogen-bond acceptors (Lipinski definition) is 2. The molecule has 0 spiro atoms. The predicted octanol–water partition coefficient (Wildman–Crippen LogP) is 2.18. The summed E-state index contributed by atoms with van der Waals surface area (Å²) in [4.78, 5) is 24.3. The zero-order valence-corrected chi connectivity index (χ0v) is 13.0. The van der Waals surface area contributed by atoms with E-state index in [4.69, 9.17) is 0 Å². The van der Waals surface area contributed by atoms with Crippen molar-refractivity contribution in [2.45, 2.75) is 39.0 Å². The summed E-state index contributed by atoms with van der Waals surface area (Å²) >= 11 is 0. The van der Waals surface area contributed by atoms with Crippen LogP contribution in [0.25, 0.3) is 0 Å². The topological polar surface area (TPSA) is 58.2 Å². The average molecular weight is 306 g/mol. The normalized spacial score (nSPS) is 15.2. The summed E-state index contributed by atoms with van der Waals surface area (Å²) in [5.41, 5.74) is 0.107. The number of hydrogen-bond donors (Lipinski definition) is 2. The van der Waals surface area contributed by atoms with E-state index in [-0.39, 0.29) is 17.6 Å². The Morgan fingerprint density at radius 1 is 1.09 bits per heavy atom. The van der Waals surface area contributed by atoms with Gasteiger partial charge in [0.2, 0.25) is 11.8 Å². The van der Waals surface area contributed by atoms with Crippen molar-refractivity contribution in [2.75, 3.05) is 13.1 Å². The van der Waals surface area contributed by atoms with E-state index in [1.165, 1.54) is 12.1 Å². The number of amides is 2. The van der Waals surface area contributed by atoms with Crippen molar-refractivity contribution in [2.24, 2.45) is 5.41 Å². The summed E-state index contributed by atoms with van der Waals surface area (Å²) in [6.45, 7) is 3.13. The Kier molecular flexibility index (Phi) is 5.52. The molecule has 5 heteroatoms. The van der Waals surface area contributed by atoms with Gasteiger partial charge in [0.05, 0.1) is 0 Å². The van der Waals surface area contributed by atoms with Crippen LogP contribution in [-0.4, -0.2) is 24.9 Å². The third-order valence-corrected chi connectivity index (χ3v) is 4.05. The van der Waals surface area contributed by atoms with E-state index in [0.717, 1.165) is 18.4 Å². The molecule has 1 aliphatic carbocycles. The van der Waals surface area contributed by atoms with Crippen molar-refractivity contribution < 1.29 is 14.0 Å². The lowest BCUT2D eigenvalue weighted by Crippen LogP contribution is -2.43. The largest absolute Gasteiger partial charge is 0.355 e. The summed E-state index contributed by atoms with van der Waals surface area (Å²) < 4.78 is 12.8. The molecule has 2 N–H and O–H groups in total. The highest BCUT2D eigenvalue weighted by atomic mass is 19.1.